The standard InChI is InChI=1S/C17H22ClNO2/c1-11(2)12(7-8-19)3-5-15(20)17-10-13-9-14(18)4-6-16(13)21-17/h4,6,9-12H,3,5,7-8,19H2,1-2H3. The lowest BCUT2D eigenvalue weighted by atomic mass is 9.87. The van der Waals surface area contributed by atoms with Crippen LogP contribution >= 0.6 is 11.6 Å². The van der Waals surface area contributed by atoms with Gasteiger partial charge in [0.15, 0.2) is 11.5 Å². The van der Waals surface area contributed by atoms with Crippen molar-refractivity contribution in [3.63, 3.8) is 0 Å². The second-order valence-corrected chi connectivity index (χ2v) is 6.27. The second kappa shape index (κ2) is 7.10. The molecule has 0 bridgehead atoms. The molecule has 3 nitrogen and oxygen atoms in total. The molecule has 0 saturated carbocycles. The summed E-state index contributed by atoms with van der Waals surface area (Å²) in [5.74, 6) is 1.49. The predicted molar refractivity (Wildman–Crippen MR) is 86.8 cm³/mol. The van der Waals surface area contributed by atoms with Crippen molar-refractivity contribution in [2.75, 3.05) is 6.54 Å². The highest BCUT2D eigenvalue weighted by Gasteiger charge is 2.17. The SMILES string of the molecule is CC(C)C(CCN)CCC(=O)c1cc2cc(Cl)ccc2o1. The van der Waals surface area contributed by atoms with E-state index in [0.29, 0.717) is 41.2 Å². The number of furan rings is 1. The number of fused-ring (bicyclic) bond motifs is 1. The third-order valence-corrected chi connectivity index (χ3v) is 4.21. The molecule has 0 aliphatic carbocycles. The first-order chi connectivity index (χ1) is 10.0. The summed E-state index contributed by atoms with van der Waals surface area (Å²) in [6, 6.07) is 7.14. The van der Waals surface area contributed by atoms with E-state index in [1.54, 1.807) is 18.2 Å². The zero-order valence-corrected chi connectivity index (χ0v) is 13.3. The van der Waals surface area contributed by atoms with Gasteiger partial charge in [0.2, 0.25) is 0 Å². The lowest BCUT2D eigenvalue weighted by molar-refractivity contribution is 0.0944. The highest BCUT2D eigenvalue weighted by molar-refractivity contribution is 6.31. The molecule has 1 unspecified atom stereocenters. The summed E-state index contributed by atoms with van der Waals surface area (Å²) in [7, 11) is 0. The molecule has 0 saturated heterocycles. The number of hydrogen-bond donors (Lipinski definition) is 1. The topological polar surface area (TPSA) is 56.2 Å². The van der Waals surface area contributed by atoms with Gasteiger partial charge in [-0.05, 0) is 55.5 Å². The number of rotatable bonds is 7. The van der Waals surface area contributed by atoms with Crippen molar-refractivity contribution in [2.45, 2.75) is 33.1 Å². The molecular weight excluding hydrogens is 286 g/mol. The Morgan fingerprint density at radius 2 is 2.05 bits per heavy atom. The summed E-state index contributed by atoms with van der Waals surface area (Å²) >= 11 is 5.94. The number of nitrogens with two attached hydrogens (primary N) is 1. The van der Waals surface area contributed by atoms with Crippen LogP contribution in [0.4, 0.5) is 0 Å². The normalized spacial score (nSPS) is 13.0. The summed E-state index contributed by atoms with van der Waals surface area (Å²) in [6.45, 7) is 5.02. The van der Waals surface area contributed by atoms with E-state index >= 15 is 0 Å². The maximum absolute atomic E-state index is 12.3. The van der Waals surface area contributed by atoms with Crippen LogP contribution in [0.5, 0.6) is 0 Å². The van der Waals surface area contributed by atoms with Crippen LogP contribution in [-0.2, 0) is 0 Å². The Kier molecular flexibility index (Phi) is 5.43. The van der Waals surface area contributed by atoms with Crippen LogP contribution in [0.2, 0.25) is 5.02 Å². The van der Waals surface area contributed by atoms with Crippen molar-refractivity contribution in [1.82, 2.24) is 0 Å². The maximum Gasteiger partial charge on any atom is 0.198 e. The van der Waals surface area contributed by atoms with Crippen molar-refractivity contribution in [3.8, 4) is 0 Å². The molecule has 0 radical (unpaired) electrons. The molecule has 0 spiro atoms. The largest absolute Gasteiger partial charge is 0.453 e. The van der Waals surface area contributed by atoms with Crippen LogP contribution in [0.25, 0.3) is 11.0 Å². The first-order valence-electron chi connectivity index (χ1n) is 7.43. The Balaban J connectivity index is 2.04. The Bertz CT molecular complexity index is 618. The Labute approximate surface area is 130 Å². The van der Waals surface area contributed by atoms with Gasteiger partial charge < -0.3 is 10.2 Å². The van der Waals surface area contributed by atoms with Crippen LogP contribution in [-0.4, -0.2) is 12.3 Å². The van der Waals surface area contributed by atoms with Crippen molar-refractivity contribution in [1.29, 1.82) is 0 Å². The van der Waals surface area contributed by atoms with Gasteiger partial charge in [-0.15, -0.1) is 0 Å². The van der Waals surface area contributed by atoms with E-state index in [4.69, 9.17) is 21.8 Å². The minimum absolute atomic E-state index is 0.0463. The van der Waals surface area contributed by atoms with Crippen LogP contribution < -0.4 is 5.73 Å². The molecule has 2 rings (SSSR count). The summed E-state index contributed by atoms with van der Waals surface area (Å²) in [4.78, 5) is 12.3. The van der Waals surface area contributed by atoms with E-state index in [1.807, 2.05) is 6.07 Å². The molecule has 21 heavy (non-hydrogen) atoms. The molecular formula is C17H22ClNO2. The van der Waals surface area contributed by atoms with Gasteiger partial charge in [-0.1, -0.05) is 25.4 Å². The third-order valence-electron chi connectivity index (χ3n) is 3.98. The van der Waals surface area contributed by atoms with E-state index in [2.05, 4.69) is 13.8 Å². The molecule has 1 aromatic carbocycles. The van der Waals surface area contributed by atoms with Crippen molar-refractivity contribution in [2.24, 2.45) is 17.6 Å². The maximum atomic E-state index is 12.3. The van der Waals surface area contributed by atoms with Gasteiger partial charge >= 0.3 is 0 Å². The molecule has 1 aromatic heterocycles. The lowest BCUT2D eigenvalue weighted by Gasteiger charge is -2.19. The summed E-state index contributed by atoms with van der Waals surface area (Å²) < 4.78 is 5.60. The van der Waals surface area contributed by atoms with E-state index in [0.717, 1.165) is 18.2 Å². The fraction of sp³-hybridized carbons (Fsp3) is 0.471. The zero-order valence-electron chi connectivity index (χ0n) is 12.6. The van der Waals surface area contributed by atoms with E-state index in [1.165, 1.54) is 0 Å². The van der Waals surface area contributed by atoms with E-state index in [-0.39, 0.29) is 5.78 Å². The first kappa shape index (κ1) is 16.1. The van der Waals surface area contributed by atoms with Gasteiger partial charge in [0, 0.05) is 16.8 Å². The molecule has 0 aliphatic heterocycles. The van der Waals surface area contributed by atoms with Gasteiger partial charge in [-0.3, -0.25) is 4.79 Å². The van der Waals surface area contributed by atoms with Crippen molar-refractivity contribution in [3.05, 3.63) is 35.0 Å². The van der Waals surface area contributed by atoms with Crippen LogP contribution in [0.15, 0.2) is 28.7 Å². The van der Waals surface area contributed by atoms with Crippen LogP contribution in [0, 0.1) is 11.8 Å². The number of Topliss-reactive ketones (excluding diaryl/α,β-unsaturated/α-hetero) is 1. The van der Waals surface area contributed by atoms with Crippen LogP contribution in [0.1, 0.15) is 43.7 Å². The molecule has 2 aromatic rings. The fourth-order valence-corrected chi connectivity index (χ4v) is 2.80. The summed E-state index contributed by atoms with van der Waals surface area (Å²) in [6.07, 6.45) is 2.31. The highest BCUT2D eigenvalue weighted by Crippen LogP contribution is 2.26. The first-order valence-corrected chi connectivity index (χ1v) is 7.81. The number of hydrogen-bond acceptors (Lipinski definition) is 3. The molecule has 1 atom stereocenters. The van der Waals surface area contributed by atoms with Crippen molar-refractivity contribution < 1.29 is 9.21 Å². The number of benzene rings is 1. The second-order valence-electron chi connectivity index (χ2n) is 5.84. The number of ketones is 1. The number of carbonyl (C=O) groups is 1. The fourth-order valence-electron chi connectivity index (χ4n) is 2.62. The van der Waals surface area contributed by atoms with Crippen molar-refractivity contribution >= 4 is 28.4 Å². The van der Waals surface area contributed by atoms with Crippen LogP contribution in [0.3, 0.4) is 0 Å². The predicted octanol–water partition coefficient (Wildman–Crippen LogP) is 4.67. The zero-order chi connectivity index (χ0) is 15.4. The lowest BCUT2D eigenvalue weighted by Crippen LogP contribution is -2.15. The number of halogens is 1. The summed E-state index contributed by atoms with van der Waals surface area (Å²) in [5.41, 5.74) is 6.33. The van der Waals surface area contributed by atoms with Gasteiger partial charge in [0.05, 0.1) is 0 Å². The average molecular weight is 308 g/mol. The van der Waals surface area contributed by atoms with Gasteiger partial charge in [0.25, 0.3) is 0 Å². The van der Waals surface area contributed by atoms with Gasteiger partial charge in [-0.2, -0.15) is 0 Å². The Hall–Kier alpha value is -1.32. The minimum atomic E-state index is 0.0463. The minimum Gasteiger partial charge on any atom is -0.453 e. The molecule has 0 amide bonds. The molecule has 0 aliphatic rings. The smallest absolute Gasteiger partial charge is 0.198 e. The molecule has 114 valence electrons. The van der Waals surface area contributed by atoms with Gasteiger partial charge in [-0.25, -0.2) is 0 Å². The molecule has 1 heterocycles. The molecule has 0 fully saturated rings. The monoisotopic (exact) mass is 307 g/mol. The van der Waals surface area contributed by atoms with E-state index in [9.17, 15) is 4.79 Å². The number of carbonyl (C=O) groups excluding carboxylic acids is 1. The summed E-state index contributed by atoms with van der Waals surface area (Å²) in [5, 5.41) is 1.51. The highest BCUT2D eigenvalue weighted by atomic mass is 35.5. The molecule has 4 heteroatoms. The van der Waals surface area contributed by atoms with Gasteiger partial charge in [0.1, 0.15) is 5.58 Å². The average Bonchev–Trinajstić information content (AvgIpc) is 2.85. The Morgan fingerprint density at radius 3 is 2.71 bits per heavy atom. The molecule has 2 N–H and O–H groups in total. The van der Waals surface area contributed by atoms with E-state index < -0.39 is 0 Å². The third kappa shape index (κ3) is 4.08. The quantitative estimate of drug-likeness (QED) is 0.756. The Morgan fingerprint density at radius 1 is 1.29 bits per heavy atom.